The van der Waals surface area contributed by atoms with E-state index in [4.69, 9.17) is 10.5 Å². The highest BCUT2D eigenvalue weighted by Crippen LogP contribution is 2.16. The lowest BCUT2D eigenvalue weighted by molar-refractivity contribution is -0.118. The summed E-state index contributed by atoms with van der Waals surface area (Å²) < 4.78 is 5.54. The molecule has 110 valence electrons. The lowest BCUT2D eigenvalue weighted by Gasteiger charge is -2.18. The SMILES string of the molecule is Cc1cccc(N(C)C(=O)CCOc2ccc(N)cc2)c1. The number of nitrogens with zero attached hydrogens (tertiary/aromatic N) is 1. The highest BCUT2D eigenvalue weighted by atomic mass is 16.5. The predicted octanol–water partition coefficient (Wildman–Crippen LogP) is 3.01. The van der Waals surface area contributed by atoms with Gasteiger partial charge in [0.15, 0.2) is 0 Å². The summed E-state index contributed by atoms with van der Waals surface area (Å²) in [7, 11) is 1.78. The predicted molar refractivity (Wildman–Crippen MR) is 85.6 cm³/mol. The number of rotatable bonds is 5. The number of benzene rings is 2. The second kappa shape index (κ2) is 6.79. The zero-order chi connectivity index (χ0) is 15.2. The first kappa shape index (κ1) is 14.9. The van der Waals surface area contributed by atoms with Crippen LogP contribution in [-0.2, 0) is 4.79 Å². The molecule has 2 rings (SSSR count). The Balaban J connectivity index is 1.85. The lowest BCUT2D eigenvalue weighted by atomic mass is 10.2. The van der Waals surface area contributed by atoms with E-state index in [9.17, 15) is 4.79 Å². The fraction of sp³-hybridized carbons (Fsp3) is 0.235. The van der Waals surface area contributed by atoms with Gasteiger partial charge in [0.25, 0.3) is 0 Å². The van der Waals surface area contributed by atoms with Crippen LogP contribution in [0.15, 0.2) is 48.5 Å². The molecular weight excluding hydrogens is 264 g/mol. The van der Waals surface area contributed by atoms with Crippen molar-refractivity contribution in [3.8, 4) is 5.75 Å². The largest absolute Gasteiger partial charge is 0.493 e. The Morgan fingerprint density at radius 3 is 2.57 bits per heavy atom. The molecule has 0 heterocycles. The molecule has 0 spiro atoms. The smallest absolute Gasteiger partial charge is 0.230 e. The minimum Gasteiger partial charge on any atom is -0.493 e. The number of carbonyl (C=O) groups excluding carboxylic acids is 1. The van der Waals surface area contributed by atoms with Gasteiger partial charge >= 0.3 is 0 Å². The van der Waals surface area contributed by atoms with Gasteiger partial charge in [0.2, 0.25) is 5.91 Å². The molecule has 0 aromatic heterocycles. The van der Waals surface area contributed by atoms with Crippen molar-refractivity contribution in [2.24, 2.45) is 0 Å². The van der Waals surface area contributed by atoms with E-state index in [0.717, 1.165) is 17.0 Å². The summed E-state index contributed by atoms with van der Waals surface area (Å²) >= 11 is 0. The first-order chi connectivity index (χ1) is 10.1. The van der Waals surface area contributed by atoms with E-state index in [1.807, 2.05) is 31.2 Å². The van der Waals surface area contributed by atoms with Crippen LogP contribution in [0.5, 0.6) is 5.75 Å². The topological polar surface area (TPSA) is 55.6 Å². The highest BCUT2D eigenvalue weighted by Gasteiger charge is 2.11. The van der Waals surface area contributed by atoms with Crippen molar-refractivity contribution in [2.75, 3.05) is 24.3 Å². The van der Waals surface area contributed by atoms with Gasteiger partial charge in [-0.2, -0.15) is 0 Å². The fourth-order valence-electron chi connectivity index (χ4n) is 1.97. The normalized spacial score (nSPS) is 10.2. The van der Waals surface area contributed by atoms with Crippen LogP contribution in [0.4, 0.5) is 11.4 Å². The summed E-state index contributed by atoms with van der Waals surface area (Å²) in [4.78, 5) is 13.8. The van der Waals surface area contributed by atoms with Crippen LogP contribution < -0.4 is 15.4 Å². The zero-order valence-electron chi connectivity index (χ0n) is 12.4. The average Bonchev–Trinajstić information content (AvgIpc) is 2.48. The van der Waals surface area contributed by atoms with Crippen LogP contribution in [-0.4, -0.2) is 19.6 Å². The van der Waals surface area contributed by atoms with Crippen molar-refractivity contribution in [2.45, 2.75) is 13.3 Å². The third kappa shape index (κ3) is 4.24. The van der Waals surface area contributed by atoms with Gasteiger partial charge in [0.1, 0.15) is 5.75 Å². The van der Waals surface area contributed by atoms with E-state index in [2.05, 4.69) is 0 Å². The molecular formula is C17H20N2O2. The molecule has 0 saturated carbocycles. The first-order valence-electron chi connectivity index (χ1n) is 6.88. The van der Waals surface area contributed by atoms with Crippen LogP contribution >= 0.6 is 0 Å². The summed E-state index contributed by atoms with van der Waals surface area (Å²) in [6.07, 6.45) is 0.328. The van der Waals surface area contributed by atoms with Crippen molar-refractivity contribution in [1.82, 2.24) is 0 Å². The number of carbonyl (C=O) groups is 1. The number of nitrogens with two attached hydrogens (primary N) is 1. The molecule has 2 N–H and O–H groups in total. The summed E-state index contributed by atoms with van der Waals surface area (Å²) in [6.45, 7) is 2.35. The number of hydrogen-bond acceptors (Lipinski definition) is 3. The second-order valence-electron chi connectivity index (χ2n) is 4.96. The first-order valence-corrected chi connectivity index (χ1v) is 6.88. The van der Waals surface area contributed by atoms with Crippen molar-refractivity contribution in [3.63, 3.8) is 0 Å². The Bertz CT molecular complexity index is 608. The van der Waals surface area contributed by atoms with Crippen LogP contribution in [0, 0.1) is 6.92 Å². The van der Waals surface area contributed by atoms with Crippen LogP contribution in [0.2, 0.25) is 0 Å². The van der Waals surface area contributed by atoms with Gasteiger partial charge in [0.05, 0.1) is 13.0 Å². The quantitative estimate of drug-likeness (QED) is 0.859. The summed E-state index contributed by atoms with van der Waals surface area (Å²) in [5.74, 6) is 0.742. The van der Waals surface area contributed by atoms with Crippen LogP contribution in [0.1, 0.15) is 12.0 Å². The van der Waals surface area contributed by atoms with E-state index in [1.54, 1.807) is 36.2 Å². The van der Waals surface area contributed by atoms with Crippen molar-refractivity contribution in [1.29, 1.82) is 0 Å². The highest BCUT2D eigenvalue weighted by molar-refractivity contribution is 5.92. The number of ether oxygens (including phenoxy) is 1. The van der Waals surface area contributed by atoms with E-state index >= 15 is 0 Å². The molecule has 21 heavy (non-hydrogen) atoms. The molecule has 0 aliphatic carbocycles. The Morgan fingerprint density at radius 2 is 1.90 bits per heavy atom. The van der Waals surface area contributed by atoms with Gasteiger partial charge in [0, 0.05) is 18.4 Å². The second-order valence-corrected chi connectivity index (χ2v) is 4.96. The van der Waals surface area contributed by atoms with E-state index in [0.29, 0.717) is 18.7 Å². The summed E-state index contributed by atoms with van der Waals surface area (Å²) in [5, 5.41) is 0. The number of anilines is 2. The van der Waals surface area contributed by atoms with Gasteiger partial charge in [-0.15, -0.1) is 0 Å². The molecule has 0 saturated heterocycles. The number of aryl methyl sites for hydroxylation is 1. The van der Waals surface area contributed by atoms with E-state index in [1.165, 1.54) is 0 Å². The summed E-state index contributed by atoms with van der Waals surface area (Å²) in [6, 6.07) is 15.0. The Labute approximate surface area is 125 Å². The molecule has 0 unspecified atom stereocenters. The molecule has 0 aliphatic rings. The van der Waals surface area contributed by atoms with Crippen LogP contribution in [0.25, 0.3) is 0 Å². The van der Waals surface area contributed by atoms with Crippen molar-refractivity contribution in [3.05, 3.63) is 54.1 Å². The molecule has 0 aliphatic heterocycles. The lowest BCUT2D eigenvalue weighted by Crippen LogP contribution is -2.27. The third-order valence-electron chi connectivity index (χ3n) is 3.23. The monoisotopic (exact) mass is 284 g/mol. The maximum atomic E-state index is 12.1. The molecule has 2 aromatic rings. The molecule has 1 amide bonds. The number of hydrogen-bond donors (Lipinski definition) is 1. The average molecular weight is 284 g/mol. The molecule has 4 nitrogen and oxygen atoms in total. The molecule has 0 atom stereocenters. The third-order valence-corrected chi connectivity index (χ3v) is 3.23. The molecule has 0 fully saturated rings. The maximum absolute atomic E-state index is 12.1. The summed E-state index contributed by atoms with van der Waals surface area (Å²) in [5.41, 5.74) is 8.32. The molecule has 0 radical (unpaired) electrons. The van der Waals surface area contributed by atoms with Crippen molar-refractivity contribution >= 4 is 17.3 Å². The van der Waals surface area contributed by atoms with E-state index < -0.39 is 0 Å². The molecule has 4 heteroatoms. The van der Waals surface area contributed by atoms with Crippen molar-refractivity contribution < 1.29 is 9.53 Å². The Hall–Kier alpha value is -2.49. The fourth-order valence-corrected chi connectivity index (χ4v) is 1.97. The van der Waals surface area contributed by atoms with Crippen LogP contribution in [0.3, 0.4) is 0 Å². The van der Waals surface area contributed by atoms with Gasteiger partial charge in [-0.3, -0.25) is 4.79 Å². The number of amides is 1. The van der Waals surface area contributed by atoms with Gasteiger partial charge < -0.3 is 15.4 Å². The zero-order valence-corrected chi connectivity index (χ0v) is 12.4. The standard InChI is InChI=1S/C17H20N2O2/c1-13-4-3-5-15(12-13)19(2)17(20)10-11-21-16-8-6-14(18)7-9-16/h3-9,12H,10-11,18H2,1-2H3. The van der Waals surface area contributed by atoms with Gasteiger partial charge in [-0.1, -0.05) is 12.1 Å². The minimum atomic E-state index is 0.0241. The van der Waals surface area contributed by atoms with Gasteiger partial charge in [-0.05, 0) is 48.9 Å². The van der Waals surface area contributed by atoms with Gasteiger partial charge in [-0.25, -0.2) is 0 Å². The number of nitrogen functional groups attached to an aromatic ring is 1. The molecule has 0 bridgehead atoms. The van der Waals surface area contributed by atoms with E-state index in [-0.39, 0.29) is 5.91 Å². The molecule has 2 aromatic carbocycles. The Morgan fingerprint density at radius 1 is 1.19 bits per heavy atom. The Kier molecular flexibility index (Phi) is 4.82. The maximum Gasteiger partial charge on any atom is 0.230 e. The minimum absolute atomic E-state index is 0.0241.